The van der Waals surface area contributed by atoms with E-state index in [0.29, 0.717) is 5.56 Å². The Bertz CT molecular complexity index is 4240. The molecule has 5 aromatic carbocycles. The maximum atomic E-state index is 13.5. The molecule has 24 N–H and O–H groups in total. The highest BCUT2D eigenvalue weighted by molar-refractivity contribution is 5.88. The van der Waals surface area contributed by atoms with E-state index in [2.05, 4.69) is 0 Å². The Morgan fingerprint density at radius 3 is 1.26 bits per heavy atom. The summed E-state index contributed by atoms with van der Waals surface area (Å²) in [4.78, 5) is 39.3. The molecule has 0 saturated carbocycles. The van der Waals surface area contributed by atoms with Crippen molar-refractivity contribution in [1.82, 2.24) is 0 Å². The van der Waals surface area contributed by atoms with Crippen LogP contribution in [0.3, 0.4) is 0 Å². The molecule has 0 bridgehead atoms. The predicted octanol–water partition coefficient (Wildman–Crippen LogP) is -5.07. The van der Waals surface area contributed by atoms with Gasteiger partial charge in [-0.3, -0.25) is 0 Å². The molecule has 6 aliphatic heterocycles. The van der Waals surface area contributed by atoms with Crippen LogP contribution in [0, 0.1) is 0 Å². The summed E-state index contributed by atoms with van der Waals surface area (Å²) in [5, 5.41) is 245. The summed E-state index contributed by atoms with van der Waals surface area (Å²) in [6.07, 6.45) is -42.2. The molecule has 0 aliphatic carbocycles. The first-order valence-corrected chi connectivity index (χ1v) is 34.2. The number of carbonyl (C=O) groups is 3. The van der Waals surface area contributed by atoms with E-state index in [0.717, 1.165) is 85.0 Å². The first kappa shape index (κ1) is 83.1. The van der Waals surface area contributed by atoms with Crippen LogP contribution >= 0.6 is 0 Å². The number of esters is 3. The standard InChI is InChI=1S/C72H80O40/c73-22-44-52(85)57(90)62(95)69(107-44)104-41-20-31(75)19-40-32(41)21-43(66(102-40)30-7-10-34(77)37(80)18-30)106-72-67(112-71-65(98)60(93)55(88)47(110-71)25-100-51(84)14-6-29-2-9-35(78)42(17-29)105-70-63(96)58(91)53(86)45(23-74)108-70)61(94)56(89)48(111-72)26-101-50(83)13-5-28-3-11-39(38(81)16-28)103-68-64(97)59(92)54(87)46(109-68)24-99-49(82)12-4-27-1-8-33(76)36(79)15-27/h1-21,44-48,52-81,85-98H,22-26H2/p+1. The highest BCUT2D eigenvalue weighted by Crippen LogP contribution is 2.48. The van der Waals surface area contributed by atoms with E-state index in [4.69, 9.17) is 66.3 Å². The fourth-order valence-electron chi connectivity index (χ4n) is 12.3. The summed E-state index contributed by atoms with van der Waals surface area (Å²) in [6.45, 7) is -4.24. The Morgan fingerprint density at radius 2 is 0.768 bits per heavy atom. The largest absolute Gasteiger partial charge is 0.571 e. The van der Waals surface area contributed by atoms with Gasteiger partial charge in [-0.15, -0.1) is 0 Å². The number of phenolic OH excluding ortho intramolecular Hbond substituents is 7. The SMILES string of the molecule is O=C(C=Cc1ccc(O)c(O)c1)OCC1OC(Oc2ccc(C=CC(=O)OCC3OC(OC4=Cc5c(OC6OC(CO)C(O)C(O)C6O)cc(O)cc5[OH+]C4c4ccc(O)c(O)c4)C(OC4OC(COC(=O)C=Cc5ccc(O)c(OC6OC(CO)C(O)C(O)C6O)c5)C(O)C(O)C4O)C(O)C3O)cc2O)C(O)C(O)C1O. The maximum absolute atomic E-state index is 13.5. The summed E-state index contributed by atoms with van der Waals surface area (Å²) in [6, 6.07) is 16.2. The zero-order valence-corrected chi connectivity index (χ0v) is 57.9. The molecule has 6 aliphatic rings. The summed E-state index contributed by atoms with van der Waals surface area (Å²) in [5.41, 5.74) is 0.377. The second-order valence-corrected chi connectivity index (χ2v) is 26.3. The number of aromatic hydroxyl groups is 8. The molecule has 0 radical (unpaired) electrons. The van der Waals surface area contributed by atoms with Crippen LogP contribution in [0.5, 0.6) is 63.2 Å². The van der Waals surface area contributed by atoms with E-state index in [9.17, 15) is 132 Å². The molecule has 11 rings (SSSR count). The molecule has 0 aromatic heterocycles. The zero-order valence-electron chi connectivity index (χ0n) is 57.9. The van der Waals surface area contributed by atoms with Crippen molar-refractivity contribution in [1.29, 1.82) is 0 Å². The van der Waals surface area contributed by atoms with Crippen LogP contribution < -0.4 is 14.2 Å². The van der Waals surface area contributed by atoms with Crippen LogP contribution in [0.4, 0.5) is 0 Å². The number of benzene rings is 5. The molecule has 0 spiro atoms. The van der Waals surface area contributed by atoms with Crippen LogP contribution in [0.2, 0.25) is 0 Å². The lowest BCUT2D eigenvalue weighted by Crippen LogP contribution is -2.64. The third kappa shape index (κ3) is 18.9. The molecule has 608 valence electrons. The van der Waals surface area contributed by atoms with Gasteiger partial charge in [0.2, 0.25) is 25.2 Å². The lowest BCUT2D eigenvalue weighted by Gasteiger charge is -2.46. The summed E-state index contributed by atoms with van der Waals surface area (Å²) in [5.74, 6) is -8.82. The number of carbonyl (C=O) groups excluding carboxylic acids is 3. The van der Waals surface area contributed by atoms with Gasteiger partial charge >= 0.3 is 17.9 Å². The molecular formula is C72H81O40+. The highest BCUT2D eigenvalue weighted by atomic mass is 16.8. The number of ether oxygens (including phenoxy) is 14. The number of hydrogen-bond acceptors (Lipinski definition) is 39. The minimum atomic E-state index is -2.31. The van der Waals surface area contributed by atoms with Crippen molar-refractivity contribution in [3.63, 3.8) is 0 Å². The van der Waals surface area contributed by atoms with Crippen molar-refractivity contribution in [2.75, 3.05) is 33.0 Å². The molecule has 5 fully saturated rings. The molecule has 5 saturated heterocycles. The fourth-order valence-corrected chi connectivity index (χ4v) is 12.3. The zero-order chi connectivity index (χ0) is 80.8. The first-order chi connectivity index (χ1) is 53.3. The number of aliphatic hydroxyl groups excluding tert-OH is 16. The Kier molecular flexibility index (Phi) is 26.7. The second kappa shape index (κ2) is 35.9. The Hall–Kier alpha value is -9.81. The van der Waals surface area contributed by atoms with E-state index in [-0.39, 0.29) is 39.5 Å². The Labute approximate surface area is 631 Å². The van der Waals surface area contributed by atoms with Gasteiger partial charge in [-0.25, -0.2) is 14.4 Å². The van der Waals surface area contributed by atoms with Gasteiger partial charge in [0.15, 0.2) is 64.1 Å². The van der Waals surface area contributed by atoms with Gasteiger partial charge in [-0.1, -0.05) is 18.2 Å². The fraction of sp³-hybridized carbons (Fsp3) is 0.431. The van der Waals surface area contributed by atoms with Crippen molar-refractivity contribution in [3.05, 3.63) is 137 Å². The summed E-state index contributed by atoms with van der Waals surface area (Å²) >= 11 is 0. The molecule has 40 heteroatoms. The Morgan fingerprint density at radius 1 is 0.366 bits per heavy atom. The van der Waals surface area contributed by atoms with E-state index in [1.807, 2.05) is 0 Å². The molecule has 26 unspecified atom stereocenters. The lowest BCUT2D eigenvalue weighted by molar-refractivity contribution is -0.364. The normalized spacial score (nSPS) is 33.4. The van der Waals surface area contributed by atoms with Gasteiger partial charge in [-0.2, -0.15) is 0 Å². The minimum Gasteiger partial charge on any atom is -0.571 e. The van der Waals surface area contributed by atoms with Crippen molar-refractivity contribution < 1.29 is 198 Å². The van der Waals surface area contributed by atoms with Crippen LogP contribution in [0.25, 0.3) is 24.3 Å². The third-order valence-corrected chi connectivity index (χ3v) is 18.6. The first-order valence-electron chi connectivity index (χ1n) is 34.2. The van der Waals surface area contributed by atoms with Crippen molar-refractivity contribution in [3.8, 4) is 63.2 Å². The van der Waals surface area contributed by atoms with E-state index in [1.165, 1.54) is 42.5 Å². The molecule has 0 amide bonds. The second-order valence-electron chi connectivity index (χ2n) is 26.3. The maximum Gasteiger partial charge on any atom is 0.330 e. The minimum absolute atomic E-state index is 0.00330. The third-order valence-electron chi connectivity index (χ3n) is 18.6. The predicted molar refractivity (Wildman–Crippen MR) is 366 cm³/mol. The van der Waals surface area contributed by atoms with Gasteiger partial charge in [0, 0.05) is 30.4 Å². The van der Waals surface area contributed by atoms with Crippen LogP contribution in [0.1, 0.15) is 33.9 Å². The van der Waals surface area contributed by atoms with Gasteiger partial charge in [0.05, 0.1) is 24.8 Å². The smallest absolute Gasteiger partial charge is 0.330 e. The molecule has 5 aromatic rings. The van der Waals surface area contributed by atoms with E-state index in [1.54, 1.807) is 0 Å². The van der Waals surface area contributed by atoms with Gasteiger partial charge < -0.3 is 184 Å². The average molecular weight is 1590 g/mol. The number of aliphatic hydroxyl groups is 17. The Balaban J connectivity index is 0.812. The van der Waals surface area contributed by atoms with Gasteiger partial charge in [0.1, 0.15) is 153 Å². The number of fused-ring (bicyclic) bond motifs is 1. The average Bonchev–Trinajstić information content (AvgIpc) is 0.760. The van der Waals surface area contributed by atoms with Crippen LogP contribution in [-0.4, -0.2) is 327 Å². The number of phenols is 7. The quantitative estimate of drug-likeness (QED) is 0.00855. The van der Waals surface area contributed by atoms with Crippen molar-refractivity contribution >= 4 is 42.2 Å². The lowest BCUT2D eigenvalue weighted by atomic mass is 9.97. The number of rotatable bonds is 25. The molecule has 40 nitrogen and oxygen atoms in total. The van der Waals surface area contributed by atoms with Crippen molar-refractivity contribution in [2.24, 2.45) is 0 Å². The number of hydrogen-bond donors (Lipinski definition) is 23. The highest BCUT2D eigenvalue weighted by Gasteiger charge is 2.54. The topological polar surface area (TPSA) is 649 Å². The molecule has 6 heterocycles. The van der Waals surface area contributed by atoms with E-state index < -0.39 is 262 Å². The van der Waals surface area contributed by atoms with Crippen LogP contribution in [-0.2, 0) is 61.8 Å². The molecular weight excluding hydrogens is 1500 g/mol. The van der Waals surface area contributed by atoms with Gasteiger partial charge in [0.25, 0.3) is 11.9 Å². The summed E-state index contributed by atoms with van der Waals surface area (Å²) < 4.78 is 78.9. The van der Waals surface area contributed by atoms with Crippen molar-refractivity contribution in [2.45, 2.75) is 160 Å². The van der Waals surface area contributed by atoms with Crippen LogP contribution in [0.15, 0.2) is 109 Å². The molecule has 26 atom stereocenters. The molecule has 112 heavy (non-hydrogen) atoms. The monoisotopic (exact) mass is 1590 g/mol. The van der Waals surface area contributed by atoms with E-state index >= 15 is 0 Å². The van der Waals surface area contributed by atoms with Gasteiger partial charge in [-0.05, 0) is 89.5 Å². The summed E-state index contributed by atoms with van der Waals surface area (Å²) in [7, 11) is 0.